The molecule has 3 nitrogen and oxygen atoms in total. The van der Waals surface area contributed by atoms with Gasteiger partial charge in [0.15, 0.2) is 6.04 Å². The van der Waals surface area contributed by atoms with Crippen molar-refractivity contribution in [3.8, 4) is 5.75 Å². The van der Waals surface area contributed by atoms with Gasteiger partial charge in [0.2, 0.25) is 0 Å². The second-order valence-electron chi connectivity index (χ2n) is 5.21. The van der Waals surface area contributed by atoms with Gasteiger partial charge in [0.1, 0.15) is 18.8 Å². The van der Waals surface area contributed by atoms with Crippen molar-refractivity contribution >= 4 is 0 Å². The molecule has 1 aromatic carbocycles. The van der Waals surface area contributed by atoms with Crippen molar-refractivity contribution in [2.24, 2.45) is 0 Å². The number of likely N-dealkylation sites (tertiary alicyclic amines) is 1. The van der Waals surface area contributed by atoms with Gasteiger partial charge in [-0.15, -0.1) is 0 Å². The third kappa shape index (κ3) is 2.05. The SMILES string of the molecule is COc1ccc2c(c1)[C@@H]([NH+]1CCCC1)C[NH2+]C2. The van der Waals surface area contributed by atoms with Crippen LogP contribution in [0.4, 0.5) is 0 Å². The molecule has 1 aromatic rings. The number of nitrogens with two attached hydrogens (primary N) is 1. The zero-order valence-corrected chi connectivity index (χ0v) is 10.5. The molecule has 1 fully saturated rings. The van der Waals surface area contributed by atoms with Crippen LogP contribution in [0.5, 0.6) is 5.75 Å². The standard InChI is InChI=1S/C14H20N2O/c1-17-12-5-4-11-9-15-10-14(13(11)8-12)16-6-2-3-7-16/h4-5,8,14-15H,2-3,6-7,9-10H2,1H3/p+2/t14-/m0/s1. The van der Waals surface area contributed by atoms with Gasteiger partial charge in [-0.3, -0.25) is 0 Å². The van der Waals surface area contributed by atoms with Gasteiger partial charge in [-0.1, -0.05) is 0 Å². The van der Waals surface area contributed by atoms with Gasteiger partial charge in [0.25, 0.3) is 0 Å². The molecule has 0 amide bonds. The zero-order chi connectivity index (χ0) is 11.7. The summed E-state index contributed by atoms with van der Waals surface area (Å²) in [5.41, 5.74) is 3.03. The van der Waals surface area contributed by atoms with Gasteiger partial charge in [-0.2, -0.15) is 0 Å². The topological polar surface area (TPSA) is 30.3 Å². The van der Waals surface area contributed by atoms with Gasteiger partial charge in [-0.25, -0.2) is 0 Å². The Kier molecular flexibility index (Phi) is 3.04. The fourth-order valence-corrected chi connectivity index (χ4v) is 3.31. The Bertz CT molecular complexity index is 399. The molecule has 17 heavy (non-hydrogen) atoms. The number of benzene rings is 1. The van der Waals surface area contributed by atoms with Crippen LogP contribution >= 0.6 is 0 Å². The molecule has 0 saturated carbocycles. The van der Waals surface area contributed by atoms with E-state index in [2.05, 4.69) is 23.5 Å². The second kappa shape index (κ2) is 4.67. The molecular weight excluding hydrogens is 212 g/mol. The van der Waals surface area contributed by atoms with E-state index in [1.54, 1.807) is 12.0 Å². The van der Waals surface area contributed by atoms with E-state index in [0.29, 0.717) is 6.04 Å². The molecule has 0 aromatic heterocycles. The van der Waals surface area contributed by atoms with E-state index >= 15 is 0 Å². The maximum atomic E-state index is 5.37. The minimum Gasteiger partial charge on any atom is -0.497 e. The van der Waals surface area contributed by atoms with E-state index in [-0.39, 0.29) is 0 Å². The summed E-state index contributed by atoms with van der Waals surface area (Å²) in [4.78, 5) is 1.77. The molecule has 0 spiro atoms. The quantitative estimate of drug-likeness (QED) is 0.709. The largest absolute Gasteiger partial charge is 0.497 e. The van der Waals surface area contributed by atoms with E-state index < -0.39 is 0 Å². The molecule has 2 aliphatic rings. The highest BCUT2D eigenvalue weighted by Gasteiger charge is 2.33. The van der Waals surface area contributed by atoms with Crippen LogP contribution in [-0.4, -0.2) is 26.7 Å². The highest BCUT2D eigenvalue weighted by Crippen LogP contribution is 2.23. The van der Waals surface area contributed by atoms with Crippen LogP contribution in [0.15, 0.2) is 18.2 Å². The smallest absolute Gasteiger partial charge is 0.163 e. The minimum absolute atomic E-state index is 0.677. The van der Waals surface area contributed by atoms with Gasteiger partial charge in [0.05, 0.1) is 20.2 Å². The van der Waals surface area contributed by atoms with Crippen molar-refractivity contribution < 1.29 is 15.0 Å². The molecule has 3 N–H and O–H groups in total. The van der Waals surface area contributed by atoms with Crippen LogP contribution in [0.2, 0.25) is 0 Å². The summed E-state index contributed by atoms with van der Waals surface area (Å²) in [5, 5.41) is 2.45. The van der Waals surface area contributed by atoms with Crippen LogP contribution < -0.4 is 15.0 Å². The van der Waals surface area contributed by atoms with E-state index in [1.807, 2.05) is 0 Å². The average molecular weight is 234 g/mol. The van der Waals surface area contributed by atoms with Crippen molar-refractivity contribution in [1.29, 1.82) is 0 Å². The highest BCUT2D eigenvalue weighted by atomic mass is 16.5. The summed E-state index contributed by atoms with van der Waals surface area (Å²) < 4.78 is 5.37. The lowest BCUT2D eigenvalue weighted by Crippen LogP contribution is -3.13. The fraction of sp³-hybridized carbons (Fsp3) is 0.571. The van der Waals surface area contributed by atoms with Crippen LogP contribution in [0, 0.1) is 0 Å². The summed E-state index contributed by atoms with van der Waals surface area (Å²) in [6, 6.07) is 7.27. The van der Waals surface area contributed by atoms with Crippen LogP contribution in [0.25, 0.3) is 0 Å². The molecule has 2 heterocycles. The van der Waals surface area contributed by atoms with E-state index in [4.69, 9.17) is 4.74 Å². The molecule has 0 unspecified atom stereocenters. The van der Waals surface area contributed by atoms with Gasteiger partial charge >= 0.3 is 0 Å². The normalized spacial score (nSPS) is 24.6. The minimum atomic E-state index is 0.677. The Morgan fingerprint density at radius 2 is 2.12 bits per heavy atom. The van der Waals surface area contributed by atoms with Crippen molar-refractivity contribution in [3.63, 3.8) is 0 Å². The molecule has 0 aliphatic carbocycles. The summed E-state index contributed by atoms with van der Waals surface area (Å²) in [6.07, 6.45) is 2.79. The Balaban J connectivity index is 1.93. The lowest BCUT2D eigenvalue weighted by molar-refractivity contribution is -0.937. The number of ether oxygens (including phenoxy) is 1. The Hall–Kier alpha value is -1.06. The predicted molar refractivity (Wildman–Crippen MR) is 66.2 cm³/mol. The lowest BCUT2D eigenvalue weighted by Gasteiger charge is -2.28. The van der Waals surface area contributed by atoms with Crippen LogP contribution in [0.1, 0.15) is 30.0 Å². The lowest BCUT2D eigenvalue weighted by atomic mass is 9.95. The summed E-state index contributed by atoms with van der Waals surface area (Å²) >= 11 is 0. The van der Waals surface area contributed by atoms with E-state index in [1.165, 1.54) is 43.6 Å². The molecule has 0 radical (unpaired) electrons. The number of methoxy groups -OCH3 is 1. The molecule has 1 saturated heterocycles. The number of hydrogen-bond donors (Lipinski definition) is 2. The molecule has 1 atom stereocenters. The third-order valence-electron chi connectivity index (χ3n) is 4.23. The average Bonchev–Trinajstić information content (AvgIpc) is 2.91. The summed E-state index contributed by atoms with van der Waals surface area (Å²) in [7, 11) is 1.76. The summed E-state index contributed by atoms with van der Waals surface area (Å²) in [6.45, 7) is 5.04. The first-order chi connectivity index (χ1) is 8.38. The number of rotatable bonds is 2. The summed E-state index contributed by atoms with van der Waals surface area (Å²) in [5.74, 6) is 1.01. The monoisotopic (exact) mass is 234 g/mol. The fourth-order valence-electron chi connectivity index (χ4n) is 3.31. The maximum Gasteiger partial charge on any atom is 0.163 e. The van der Waals surface area contributed by atoms with Crippen molar-refractivity contribution in [3.05, 3.63) is 29.3 Å². The molecular formula is C14H22N2O+2. The van der Waals surface area contributed by atoms with Crippen LogP contribution in [0.3, 0.4) is 0 Å². The maximum absolute atomic E-state index is 5.37. The molecule has 3 heteroatoms. The first-order valence-corrected chi connectivity index (χ1v) is 6.71. The predicted octanol–water partition coefficient (Wildman–Crippen LogP) is -0.508. The first-order valence-electron chi connectivity index (χ1n) is 6.71. The Morgan fingerprint density at radius 3 is 2.88 bits per heavy atom. The molecule has 3 rings (SSSR count). The van der Waals surface area contributed by atoms with Crippen LogP contribution in [-0.2, 0) is 6.54 Å². The Morgan fingerprint density at radius 1 is 1.29 bits per heavy atom. The molecule has 0 bridgehead atoms. The van der Waals surface area contributed by atoms with Gasteiger partial charge in [-0.05, 0) is 18.2 Å². The van der Waals surface area contributed by atoms with Crippen molar-refractivity contribution in [2.75, 3.05) is 26.7 Å². The molecule has 2 aliphatic heterocycles. The number of quaternary nitrogens is 2. The van der Waals surface area contributed by atoms with Crippen molar-refractivity contribution in [1.82, 2.24) is 0 Å². The number of hydrogen-bond acceptors (Lipinski definition) is 1. The van der Waals surface area contributed by atoms with Crippen molar-refractivity contribution in [2.45, 2.75) is 25.4 Å². The first kappa shape index (κ1) is 11.1. The van der Waals surface area contributed by atoms with E-state index in [9.17, 15) is 0 Å². The van der Waals surface area contributed by atoms with Gasteiger partial charge < -0.3 is 15.0 Å². The zero-order valence-electron chi connectivity index (χ0n) is 10.5. The highest BCUT2D eigenvalue weighted by molar-refractivity contribution is 5.37. The third-order valence-corrected chi connectivity index (χ3v) is 4.23. The second-order valence-corrected chi connectivity index (χ2v) is 5.21. The van der Waals surface area contributed by atoms with Gasteiger partial charge in [0, 0.05) is 24.0 Å². The molecule has 92 valence electrons. The Labute approximate surface area is 103 Å². The number of fused-ring (bicyclic) bond motifs is 1. The van der Waals surface area contributed by atoms with E-state index in [0.717, 1.165) is 12.3 Å². The number of nitrogens with one attached hydrogen (secondary N) is 1.